The number of hydrogen-bond acceptors (Lipinski definition) is 4. The van der Waals surface area contributed by atoms with Gasteiger partial charge in [-0.15, -0.1) is 0 Å². The second-order valence-corrected chi connectivity index (χ2v) is 3.77. The van der Waals surface area contributed by atoms with Crippen molar-refractivity contribution in [2.24, 2.45) is 0 Å². The zero-order chi connectivity index (χ0) is 11.7. The van der Waals surface area contributed by atoms with Gasteiger partial charge in [0.15, 0.2) is 5.78 Å². The average Bonchev–Trinajstić information content (AvgIpc) is 2.39. The Labute approximate surface area is 91.2 Å². The second kappa shape index (κ2) is 3.88. The van der Waals surface area contributed by atoms with Crippen LogP contribution in [0.1, 0.15) is 19.3 Å². The average molecular weight is 222 g/mol. The first-order valence-corrected chi connectivity index (χ1v) is 4.99. The fourth-order valence-corrected chi connectivity index (χ4v) is 1.98. The number of nitrogens with one attached hydrogen (secondary N) is 1. The Morgan fingerprint density at radius 3 is 2.81 bits per heavy atom. The lowest BCUT2D eigenvalue weighted by atomic mass is 9.91. The Bertz CT molecular complexity index is 448. The number of carbonyl (C=O) groups excluding carboxylic acids is 2. The van der Waals surface area contributed by atoms with Gasteiger partial charge in [-0.1, -0.05) is 0 Å². The van der Waals surface area contributed by atoms with E-state index in [4.69, 9.17) is 0 Å². The van der Waals surface area contributed by atoms with Crippen LogP contribution in [0.15, 0.2) is 22.9 Å². The normalized spacial score (nSPS) is 20.9. The van der Waals surface area contributed by atoms with Gasteiger partial charge >= 0.3 is 0 Å². The molecule has 6 nitrogen and oxygen atoms in total. The molecule has 0 aromatic heterocycles. The molecule has 1 aliphatic heterocycles. The predicted molar refractivity (Wildman–Crippen MR) is 54.0 cm³/mol. The lowest BCUT2D eigenvalue weighted by molar-refractivity contribution is -0.420. The molecule has 1 amide bonds. The summed E-state index contributed by atoms with van der Waals surface area (Å²) in [5.74, 6) is -0.747. The molecule has 0 bridgehead atoms. The first-order chi connectivity index (χ1) is 7.59. The molecular weight excluding hydrogens is 212 g/mol. The Morgan fingerprint density at radius 1 is 1.38 bits per heavy atom. The highest BCUT2D eigenvalue weighted by Gasteiger charge is 2.34. The summed E-state index contributed by atoms with van der Waals surface area (Å²) in [6.07, 6.45) is 2.34. The SMILES string of the molecule is O=C1C=C([N+](=O)[O-])C2=C(CCCNC2=O)C1. The fourth-order valence-electron chi connectivity index (χ4n) is 1.98. The van der Waals surface area contributed by atoms with Gasteiger partial charge in [0, 0.05) is 13.0 Å². The van der Waals surface area contributed by atoms with Gasteiger partial charge in [-0.2, -0.15) is 0 Å². The molecule has 1 N–H and O–H groups in total. The number of ketones is 1. The van der Waals surface area contributed by atoms with E-state index in [1.165, 1.54) is 0 Å². The monoisotopic (exact) mass is 222 g/mol. The number of allylic oxidation sites excluding steroid dienone is 2. The third-order valence-electron chi connectivity index (χ3n) is 2.66. The molecular formula is C10H10N2O4. The molecule has 0 aromatic rings. The third-order valence-corrected chi connectivity index (χ3v) is 2.66. The van der Waals surface area contributed by atoms with Gasteiger partial charge < -0.3 is 5.32 Å². The first kappa shape index (κ1) is 10.5. The van der Waals surface area contributed by atoms with Gasteiger partial charge in [0.25, 0.3) is 11.6 Å². The van der Waals surface area contributed by atoms with E-state index in [2.05, 4.69) is 5.32 Å². The minimum Gasteiger partial charge on any atom is -0.352 e. The third kappa shape index (κ3) is 1.73. The van der Waals surface area contributed by atoms with Crippen LogP contribution in [0.4, 0.5) is 0 Å². The van der Waals surface area contributed by atoms with Crippen molar-refractivity contribution >= 4 is 11.7 Å². The number of hydrogen-bond donors (Lipinski definition) is 1. The molecule has 0 unspecified atom stereocenters. The second-order valence-electron chi connectivity index (χ2n) is 3.77. The highest BCUT2D eigenvalue weighted by atomic mass is 16.6. The molecule has 0 saturated carbocycles. The van der Waals surface area contributed by atoms with Crippen LogP contribution in [0.5, 0.6) is 0 Å². The number of nitro groups is 1. The maximum absolute atomic E-state index is 11.6. The van der Waals surface area contributed by atoms with Crippen LogP contribution in [-0.4, -0.2) is 23.2 Å². The Kier molecular flexibility index (Phi) is 2.55. The van der Waals surface area contributed by atoms with Crippen LogP contribution in [0.2, 0.25) is 0 Å². The molecule has 0 radical (unpaired) electrons. The van der Waals surface area contributed by atoms with Crippen LogP contribution < -0.4 is 5.32 Å². The summed E-state index contributed by atoms with van der Waals surface area (Å²) in [5.41, 5.74) is 0.307. The van der Waals surface area contributed by atoms with Crippen LogP contribution in [-0.2, 0) is 9.59 Å². The quantitative estimate of drug-likeness (QED) is 0.511. The van der Waals surface area contributed by atoms with Gasteiger partial charge in [0.2, 0.25) is 0 Å². The van der Waals surface area contributed by atoms with Crippen molar-refractivity contribution in [3.8, 4) is 0 Å². The number of rotatable bonds is 1. The lowest BCUT2D eigenvalue weighted by Crippen LogP contribution is -2.28. The topological polar surface area (TPSA) is 89.3 Å². The van der Waals surface area contributed by atoms with Crippen molar-refractivity contribution in [3.63, 3.8) is 0 Å². The molecule has 2 rings (SSSR count). The molecule has 0 spiro atoms. The summed E-state index contributed by atoms with van der Waals surface area (Å²) in [6.45, 7) is 0.491. The molecule has 2 aliphatic rings. The Hall–Kier alpha value is -1.98. The minimum absolute atomic E-state index is 0.0853. The number of nitrogens with zero attached hydrogens (tertiary/aromatic N) is 1. The van der Waals surface area contributed by atoms with Crippen molar-refractivity contribution in [2.75, 3.05) is 6.54 Å². The maximum Gasteiger partial charge on any atom is 0.285 e. The standard InChI is InChI=1S/C10H10N2O4/c13-7-4-6-2-1-3-11-10(14)9(6)8(5-7)12(15)16/h5H,1-4H2,(H,11,14). The molecule has 1 aliphatic carbocycles. The van der Waals surface area contributed by atoms with E-state index in [0.29, 0.717) is 25.0 Å². The molecule has 1 heterocycles. The summed E-state index contributed by atoms with van der Waals surface area (Å²) < 4.78 is 0. The van der Waals surface area contributed by atoms with Gasteiger partial charge in [-0.05, 0) is 18.4 Å². The Morgan fingerprint density at radius 2 is 2.12 bits per heavy atom. The van der Waals surface area contributed by atoms with E-state index < -0.39 is 10.8 Å². The highest BCUT2D eigenvalue weighted by molar-refractivity contribution is 6.04. The molecule has 0 saturated heterocycles. The van der Waals surface area contributed by atoms with E-state index >= 15 is 0 Å². The summed E-state index contributed by atoms with van der Waals surface area (Å²) in [4.78, 5) is 33.1. The van der Waals surface area contributed by atoms with Gasteiger partial charge in [-0.3, -0.25) is 19.7 Å². The van der Waals surface area contributed by atoms with Crippen molar-refractivity contribution in [2.45, 2.75) is 19.3 Å². The summed E-state index contributed by atoms with van der Waals surface area (Å²) >= 11 is 0. The predicted octanol–water partition coefficient (Wildman–Crippen LogP) is 0.326. The smallest absolute Gasteiger partial charge is 0.285 e. The maximum atomic E-state index is 11.6. The van der Waals surface area contributed by atoms with Gasteiger partial charge in [0.1, 0.15) is 5.57 Å². The zero-order valence-electron chi connectivity index (χ0n) is 8.49. The fraction of sp³-hybridized carbons (Fsp3) is 0.400. The van der Waals surface area contributed by atoms with Crippen molar-refractivity contribution in [3.05, 3.63) is 33.0 Å². The lowest BCUT2D eigenvalue weighted by Gasteiger charge is -2.12. The van der Waals surface area contributed by atoms with Crippen LogP contribution in [0, 0.1) is 10.1 Å². The van der Waals surface area contributed by atoms with E-state index in [-0.39, 0.29) is 23.5 Å². The van der Waals surface area contributed by atoms with E-state index in [1.807, 2.05) is 0 Å². The molecule has 0 aromatic carbocycles. The minimum atomic E-state index is -0.669. The first-order valence-electron chi connectivity index (χ1n) is 4.99. The van der Waals surface area contributed by atoms with E-state index in [9.17, 15) is 19.7 Å². The molecule has 6 heteroatoms. The molecule has 0 atom stereocenters. The summed E-state index contributed by atoms with van der Waals surface area (Å²) in [7, 11) is 0. The van der Waals surface area contributed by atoms with Crippen LogP contribution in [0.3, 0.4) is 0 Å². The molecule has 84 valence electrons. The Balaban J connectivity index is 2.50. The highest BCUT2D eigenvalue weighted by Crippen LogP contribution is 2.28. The van der Waals surface area contributed by atoms with Crippen molar-refractivity contribution in [1.29, 1.82) is 0 Å². The van der Waals surface area contributed by atoms with Crippen LogP contribution in [0.25, 0.3) is 0 Å². The largest absolute Gasteiger partial charge is 0.352 e. The summed E-state index contributed by atoms with van der Waals surface area (Å²) in [6, 6.07) is 0. The van der Waals surface area contributed by atoms with Crippen molar-refractivity contribution in [1.82, 2.24) is 5.32 Å². The van der Waals surface area contributed by atoms with E-state index in [0.717, 1.165) is 6.08 Å². The number of carbonyl (C=O) groups is 2. The molecule has 0 fully saturated rings. The van der Waals surface area contributed by atoms with Gasteiger partial charge in [0.05, 0.1) is 11.0 Å². The molecule has 16 heavy (non-hydrogen) atoms. The van der Waals surface area contributed by atoms with Crippen molar-refractivity contribution < 1.29 is 14.5 Å². The zero-order valence-corrected chi connectivity index (χ0v) is 8.49. The van der Waals surface area contributed by atoms with Crippen LogP contribution >= 0.6 is 0 Å². The number of amides is 1. The van der Waals surface area contributed by atoms with E-state index in [1.54, 1.807) is 0 Å². The summed E-state index contributed by atoms with van der Waals surface area (Å²) in [5, 5.41) is 13.4. The van der Waals surface area contributed by atoms with Gasteiger partial charge in [-0.25, -0.2) is 0 Å².